The van der Waals surface area contributed by atoms with Crippen molar-refractivity contribution >= 4 is 16.3 Å². The highest BCUT2D eigenvalue weighted by Gasteiger charge is 2.17. The Morgan fingerprint density at radius 1 is 0.349 bits per heavy atom. The molecule has 2 aromatic heterocycles. The lowest BCUT2D eigenvalue weighted by Gasteiger charge is -2.14. The van der Waals surface area contributed by atoms with E-state index in [9.17, 15) is 0 Å². The summed E-state index contributed by atoms with van der Waals surface area (Å²) in [7, 11) is 0. The van der Waals surface area contributed by atoms with Crippen molar-refractivity contribution in [3.05, 3.63) is 225 Å². The van der Waals surface area contributed by atoms with Crippen LogP contribution in [0.4, 0.5) is 0 Å². The first-order valence-corrected chi connectivity index (χ1v) is 20.9. The second kappa shape index (κ2) is 17.2. The number of hydrogen-bond acceptors (Lipinski definition) is 6. The van der Waals surface area contributed by atoms with Crippen molar-refractivity contribution in [1.82, 2.24) is 29.9 Å². The molecule has 0 spiro atoms. The molecule has 8 aromatic carbocycles. The molecule has 6 heteroatoms. The van der Waals surface area contributed by atoms with Gasteiger partial charge in [-0.15, -0.1) is 0 Å². The Balaban J connectivity index is 1.03. The Bertz CT molecular complexity index is 3270. The van der Waals surface area contributed by atoms with Crippen LogP contribution in [-0.4, -0.2) is 29.9 Å². The average Bonchev–Trinajstić information content (AvgIpc) is 3.37. The summed E-state index contributed by atoms with van der Waals surface area (Å²) in [6.45, 7) is 5.96. The average molecular weight is 809 g/mol. The maximum atomic E-state index is 5.10. The maximum Gasteiger partial charge on any atom is 0.164 e. The van der Waals surface area contributed by atoms with Crippen molar-refractivity contribution < 1.29 is 0 Å². The second-order valence-electron chi connectivity index (χ2n) is 15.1. The van der Waals surface area contributed by atoms with Crippen LogP contribution in [0.2, 0.25) is 0 Å². The predicted octanol–water partition coefficient (Wildman–Crippen LogP) is 14.1. The fourth-order valence-corrected chi connectivity index (χ4v) is 7.93. The lowest BCUT2D eigenvalue weighted by atomic mass is 9.90. The highest BCUT2D eigenvalue weighted by molar-refractivity contribution is 6.06. The molecule has 0 saturated carbocycles. The topological polar surface area (TPSA) is 77.3 Å². The summed E-state index contributed by atoms with van der Waals surface area (Å²) in [5.74, 6) is 3.65. The van der Waals surface area contributed by atoms with E-state index in [2.05, 4.69) is 140 Å². The first-order valence-electron chi connectivity index (χ1n) is 20.9. The number of rotatable bonds is 10. The fourth-order valence-electron chi connectivity index (χ4n) is 7.93. The van der Waals surface area contributed by atoms with Crippen molar-refractivity contribution in [2.75, 3.05) is 0 Å². The van der Waals surface area contributed by atoms with E-state index in [0.29, 0.717) is 34.9 Å². The summed E-state index contributed by atoms with van der Waals surface area (Å²) in [5, 5.41) is 2.30. The van der Waals surface area contributed by atoms with Crippen molar-refractivity contribution in [2.45, 2.75) is 6.92 Å². The van der Waals surface area contributed by atoms with Gasteiger partial charge in [-0.3, -0.25) is 0 Å². The third-order valence-electron chi connectivity index (χ3n) is 11.2. The predicted molar refractivity (Wildman–Crippen MR) is 258 cm³/mol. The van der Waals surface area contributed by atoms with Gasteiger partial charge in [0.05, 0.1) is 0 Å². The fraction of sp³-hybridized carbons (Fsp3) is 0.0175. The van der Waals surface area contributed by atoms with Gasteiger partial charge >= 0.3 is 0 Å². The summed E-state index contributed by atoms with van der Waals surface area (Å²) in [5.41, 5.74) is 12.1. The van der Waals surface area contributed by atoms with E-state index >= 15 is 0 Å². The van der Waals surface area contributed by atoms with Gasteiger partial charge in [-0.2, -0.15) is 0 Å². The molecule has 63 heavy (non-hydrogen) atoms. The Labute approximate surface area is 366 Å². The molecule has 0 radical (unpaired) electrons. The van der Waals surface area contributed by atoms with Gasteiger partial charge in [-0.05, 0) is 57.1 Å². The van der Waals surface area contributed by atoms with E-state index in [4.69, 9.17) is 29.9 Å². The molecule has 6 nitrogen and oxygen atoms in total. The van der Waals surface area contributed by atoms with Gasteiger partial charge in [-0.25, -0.2) is 29.9 Å². The van der Waals surface area contributed by atoms with Crippen molar-refractivity contribution in [3.63, 3.8) is 0 Å². The van der Waals surface area contributed by atoms with Crippen LogP contribution < -0.4 is 0 Å². The molecular formula is C57H40N6. The summed E-state index contributed by atoms with van der Waals surface area (Å²) in [4.78, 5) is 29.8. The van der Waals surface area contributed by atoms with Crippen LogP contribution in [0.15, 0.2) is 219 Å². The SMILES string of the molecule is C=C/C(=C\C)c1nc(-c2ccccc2)nc(-c2ccc(-c3cccc4cccc(-c5cccc(-c6nc(-c7ccccc7)nc(-c7ccc(-c8ccccc8)cc7)n6)c5)c34)cc2)n1. The van der Waals surface area contributed by atoms with Gasteiger partial charge in [0.15, 0.2) is 34.9 Å². The van der Waals surface area contributed by atoms with Crippen LogP contribution in [0.1, 0.15) is 12.7 Å². The molecule has 0 amide bonds. The van der Waals surface area contributed by atoms with Gasteiger partial charge in [0.25, 0.3) is 0 Å². The molecule has 0 saturated heterocycles. The number of benzene rings is 8. The molecule has 0 bridgehead atoms. The van der Waals surface area contributed by atoms with Gasteiger partial charge in [0.1, 0.15) is 0 Å². The van der Waals surface area contributed by atoms with Crippen LogP contribution in [0.3, 0.4) is 0 Å². The lowest BCUT2D eigenvalue weighted by Crippen LogP contribution is -2.02. The van der Waals surface area contributed by atoms with Crippen LogP contribution in [0.5, 0.6) is 0 Å². The highest BCUT2D eigenvalue weighted by Crippen LogP contribution is 2.38. The Kier molecular flexibility index (Phi) is 10.6. The van der Waals surface area contributed by atoms with Crippen molar-refractivity contribution in [2.24, 2.45) is 0 Å². The summed E-state index contributed by atoms with van der Waals surface area (Å²) in [6, 6.07) is 68.8. The minimum absolute atomic E-state index is 0.587. The molecule has 0 aliphatic rings. The minimum atomic E-state index is 0.587. The van der Waals surface area contributed by atoms with E-state index in [-0.39, 0.29) is 0 Å². The van der Waals surface area contributed by atoms with Crippen LogP contribution in [0.25, 0.3) is 107 Å². The summed E-state index contributed by atoms with van der Waals surface area (Å²) < 4.78 is 0. The van der Waals surface area contributed by atoms with Crippen molar-refractivity contribution in [3.8, 4) is 90.3 Å². The third-order valence-corrected chi connectivity index (χ3v) is 11.2. The zero-order chi connectivity index (χ0) is 42.5. The molecular weight excluding hydrogens is 769 g/mol. The highest BCUT2D eigenvalue weighted by atomic mass is 15.0. The summed E-state index contributed by atoms with van der Waals surface area (Å²) in [6.07, 6.45) is 3.74. The second-order valence-corrected chi connectivity index (χ2v) is 15.1. The minimum Gasteiger partial charge on any atom is -0.208 e. The maximum absolute atomic E-state index is 5.10. The van der Waals surface area contributed by atoms with Gasteiger partial charge in [-0.1, -0.05) is 213 Å². The van der Waals surface area contributed by atoms with Gasteiger partial charge in [0.2, 0.25) is 0 Å². The number of allylic oxidation sites excluding steroid dienone is 3. The standard InChI is InChI=1S/C57H40N6/c1-3-38(4-2)52-58-53(43-19-10-6-11-20-43)60-55(59-52)46-35-31-41(32-36-46)49-27-15-23-42-24-16-28-50(51(42)49)47-25-14-26-48(37-47)57-62-54(44-21-12-7-13-22-44)61-56(63-57)45-33-29-40(30-34-45)39-17-8-5-9-18-39/h3-37H,1H2,2H3/b38-4+. The normalized spacial score (nSPS) is 11.4. The Hall–Kier alpha value is -8.48. The Morgan fingerprint density at radius 2 is 0.714 bits per heavy atom. The number of fused-ring (bicyclic) bond motifs is 1. The molecule has 0 N–H and O–H groups in total. The van der Waals surface area contributed by atoms with Crippen molar-refractivity contribution in [1.29, 1.82) is 0 Å². The van der Waals surface area contributed by atoms with Crippen LogP contribution >= 0.6 is 0 Å². The quantitative estimate of drug-likeness (QED) is 0.128. The monoisotopic (exact) mass is 808 g/mol. The van der Waals surface area contributed by atoms with Gasteiger partial charge in [0, 0.05) is 33.4 Å². The largest absolute Gasteiger partial charge is 0.208 e. The number of hydrogen-bond donors (Lipinski definition) is 0. The van der Waals surface area contributed by atoms with Crippen LogP contribution in [0, 0.1) is 0 Å². The van der Waals surface area contributed by atoms with E-state index in [1.54, 1.807) is 6.08 Å². The van der Waals surface area contributed by atoms with E-state index in [0.717, 1.165) is 77.5 Å². The molecule has 0 aliphatic heterocycles. The molecule has 0 unspecified atom stereocenters. The smallest absolute Gasteiger partial charge is 0.164 e. The van der Waals surface area contributed by atoms with E-state index in [1.165, 1.54) is 0 Å². The molecule has 2 heterocycles. The molecule has 10 rings (SSSR count). The van der Waals surface area contributed by atoms with Crippen LogP contribution in [-0.2, 0) is 0 Å². The third kappa shape index (κ3) is 7.97. The van der Waals surface area contributed by atoms with Gasteiger partial charge < -0.3 is 0 Å². The number of aromatic nitrogens is 6. The first-order chi connectivity index (χ1) is 31.1. The number of nitrogens with zero attached hydrogens (tertiary/aromatic N) is 6. The molecule has 298 valence electrons. The molecule has 0 atom stereocenters. The molecule has 0 aliphatic carbocycles. The van der Waals surface area contributed by atoms with E-state index < -0.39 is 0 Å². The lowest BCUT2D eigenvalue weighted by molar-refractivity contribution is 1.04. The summed E-state index contributed by atoms with van der Waals surface area (Å²) >= 11 is 0. The molecule has 10 aromatic rings. The zero-order valence-electron chi connectivity index (χ0n) is 34.6. The Morgan fingerprint density at radius 3 is 1.22 bits per heavy atom. The molecule has 0 fully saturated rings. The first kappa shape index (κ1) is 38.7. The zero-order valence-corrected chi connectivity index (χ0v) is 34.6. The van der Waals surface area contributed by atoms with E-state index in [1.807, 2.05) is 79.7 Å².